The molecule has 1 heterocycles. The van der Waals surface area contributed by atoms with Gasteiger partial charge in [-0.3, -0.25) is 4.79 Å². The smallest absolute Gasteiger partial charge is 0.234 e. The second kappa shape index (κ2) is 8.73. The van der Waals surface area contributed by atoms with Crippen LogP contribution in [0, 0.1) is 3.95 Å². The third-order valence-corrected chi connectivity index (χ3v) is 6.31. The Morgan fingerprint density at radius 1 is 1.19 bits per heavy atom. The number of aromatic nitrogens is 2. The van der Waals surface area contributed by atoms with Crippen LogP contribution in [0.2, 0.25) is 15.1 Å². The van der Waals surface area contributed by atoms with Gasteiger partial charge in [-0.25, -0.2) is 4.68 Å². The molecule has 0 aliphatic heterocycles. The molecular weight excluding hydrogens is 453 g/mol. The number of carbonyl (C=O) groups excluding carboxylic acids is 1. The number of para-hydroxylation sites is 1. The molecule has 1 N–H and O–H groups in total. The molecule has 0 atom stereocenters. The highest BCUT2D eigenvalue weighted by Gasteiger charge is 2.13. The van der Waals surface area contributed by atoms with Crippen molar-refractivity contribution in [2.24, 2.45) is 0 Å². The Kier molecular flexibility index (Phi) is 6.60. The van der Waals surface area contributed by atoms with Crippen molar-refractivity contribution in [1.82, 2.24) is 9.78 Å². The van der Waals surface area contributed by atoms with Gasteiger partial charge in [-0.05, 0) is 36.5 Å². The Hall–Kier alpha value is -1.09. The van der Waals surface area contributed by atoms with Crippen LogP contribution in [-0.2, 0) is 4.79 Å². The molecule has 26 heavy (non-hydrogen) atoms. The summed E-state index contributed by atoms with van der Waals surface area (Å²) in [5.41, 5.74) is 1.22. The maximum absolute atomic E-state index is 12.2. The first-order valence-corrected chi connectivity index (χ1v) is 10.5. The Balaban J connectivity index is 1.67. The van der Waals surface area contributed by atoms with Crippen molar-refractivity contribution in [2.45, 2.75) is 4.34 Å². The molecule has 2 aromatic carbocycles. The standard InChI is InChI=1S/C16H10Cl3N3OS3/c17-9-6-11(18)14(12(19)7-9)20-13(23)8-25-15-21-22(16(24)26-15)10-4-2-1-3-5-10/h1-7H,8H2,(H,20,23). The Labute approximate surface area is 178 Å². The molecule has 10 heteroatoms. The van der Waals surface area contributed by atoms with Crippen molar-refractivity contribution in [3.63, 3.8) is 0 Å². The number of halogens is 3. The van der Waals surface area contributed by atoms with Crippen LogP contribution in [0.15, 0.2) is 46.8 Å². The van der Waals surface area contributed by atoms with E-state index >= 15 is 0 Å². The van der Waals surface area contributed by atoms with Crippen LogP contribution in [-0.4, -0.2) is 21.4 Å². The van der Waals surface area contributed by atoms with E-state index in [2.05, 4.69) is 10.4 Å². The Morgan fingerprint density at radius 2 is 1.85 bits per heavy atom. The number of hydrogen-bond acceptors (Lipinski definition) is 5. The molecule has 0 bridgehead atoms. The molecule has 0 spiro atoms. The summed E-state index contributed by atoms with van der Waals surface area (Å²) in [6.07, 6.45) is 0. The fraction of sp³-hybridized carbons (Fsp3) is 0.0625. The molecule has 0 saturated heterocycles. The van der Waals surface area contributed by atoms with Crippen molar-refractivity contribution >= 4 is 81.7 Å². The second-order valence-electron chi connectivity index (χ2n) is 4.96. The highest BCUT2D eigenvalue weighted by atomic mass is 35.5. The fourth-order valence-corrected chi connectivity index (χ4v) is 5.09. The quantitative estimate of drug-likeness (QED) is 0.354. The van der Waals surface area contributed by atoms with E-state index in [1.807, 2.05) is 30.3 Å². The lowest BCUT2D eigenvalue weighted by Crippen LogP contribution is -2.14. The number of amides is 1. The average Bonchev–Trinajstić information content (AvgIpc) is 2.98. The van der Waals surface area contributed by atoms with Crippen LogP contribution in [0.1, 0.15) is 0 Å². The van der Waals surface area contributed by atoms with Crippen molar-refractivity contribution in [1.29, 1.82) is 0 Å². The number of carbonyl (C=O) groups is 1. The lowest BCUT2D eigenvalue weighted by Gasteiger charge is -2.09. The monoisotopic (exact) mass is 461 g/mol. The highest BCUT2D eigenvalue weighted by molar-refractivity contribution is 8.01. The van der Waals surface area contributed by atoms with Gasteiger partial charge in [-0.1, -0.05) is 76.1 Å². The zero-order valence-electron chi connectivity index (χ0n) is 12.9. The molecule has 1 amide bonds. The van der Waals surface area contributed by atoms with E-state index in [-0.39, 0.29) is 21.7 Å². The van der Waals surface area contributed by atoms with Crippen LogP contribution in [0.5, 0.6) is 0 Å². The SMILES string of the molecule is O=C(CSc1nn(-c2ccccc2)c(=S)s1)Nc1c(Cl)cc(Cl)cc1Cl. The molecule has 1 aromatic heterocycles. The number of nitrogens with one attached hydrogen (secondary N) is 1. The summed E-state index contributed by atoms with van der Waals surface area (Å²) in [6.45, 7) is 0. The summed E-state index contributed by atoms with van der Waals surface area (Å²) in [5, 5.41) is 8.11. The summed E-state index contributed by atoms with van der Waals surface area (Å²) in [4.78, 5) is 12.2. The zero-order valence-corrected chi connectivity index (χ0v) is 17.6. The third kappa shape index (κ3) is 4.79. The van der Waals surface area contributed by atoms with E-state index in [1.165, 1.54) is 35.2 Å². The normalized spacial score (nSPS) is 10.7. The van der Waals surface area contributed by atoms with E-state index in [0.717, 1.165) is 5.69 Å². The van der Waals surface area contributed by atoms with E-state index < -0.39 is 0 Å². The largest absolute Gasteiger partial charge is 0.323 e. The van der Waals surface area contributed by atoms with Gasteiger partial charge in [0, 0.05) is 5.02 Å². The van der Waals surface area contributed by atoms with Gasteiger partial charge in [-0.2, -0.15) is 0 Å². The van der Waals surface area contributed by atoms with Crippen LogP contribution in [0.3, 0.4) is 0 Å². The van der Waals surface area contributed by atoms with Crippen molar-refractivity contribution in [3.05, 3.63) is 61.5 Å². The van der Waals surface area contributed by atoms with Gasteiger partial charge >= 0.3 is 0 Å². The minimum atomic E-state index is -0.256. The Morgan fingerprint density at radius 3 is 2.50 bits per heavy atom. The number of hydrogen-bond donors (Lipinski definition) is 1. The molecule has 3 aromatic rings. The predicted molar refractivity (Wildman–Crippen MR) is 113 cm³/mol. The molecule has 4 nitrogen and oxygen atoms in total. The highest BCUT2D eigenvalue weighted by Crippen LogP contribution is 2.34. The van der Waals surface area contributed by atoms with Gasteiger partial charge < -0.3 is 5.32 Å². The fourth-order valence-electron chi connectivity index (χ4n) is 2.02. The number of benzene rings is 2. The van der Waals surface area contributed by atoms with E-state index in [1.54, 1.807) is 4.68 Å². The van der Waals surface area contributed by atoms with Crippen LogP contribution in [0.4, 0.5) is 5.69 Å². The summed E-state index contributed by atoms with van der Waals surface area (Å²) in [7, 11) is 0. The van der Waals surface area contributed by atoms with Crippen LogP contribution in [0.25, 0.3) is 5.69 Å². The Bertz CT molecular complexity index is 982. The molecule has 0 aliphatic carbocycles. The van der Waals surface area contributed by atoms with Gasteiger partial charge in [0.2, 0.25) is 5.91 Å². The number of anilines is 1. The maximum atomic E-state index is 12.2. The molecule has 0 aliphatic rings. The molecule has 0 fully saturated rings. The van der Waals surface area contributed by atoms with Crippen molar-refractivity contribution < 1.29 is 4.79 Å². The molecule has 0 unspecified atom stereocenters. The predicted octanol–water partition coefficient (Wildman–Crippen LogP) is 6.35. The zero-order chi connectivity index (χ0) is 18.7. The van der Waals surface area contributed by atoms with Gasteiger partial charge in [-0.15, -0.1) is 5.10 Å². The van der Waals surface area contributed by atoms with Gasteiger partial charge in [0.1, 0.15) is 0 Å². The topological polar surface area (TPSA) is 46.9 Å². The van der Waals surface area contributed by atoms with E-state index in [9.17, 15) is 4.79 Å². The van der Waals surface area contributed by atoms with Gasteiger partial charge in [0.05, 0.1) is 27.2 Å². The molecular formula is C16H10Cl3N3OS3. The maximum Gasteiger partial charge on any atom is 0.234 e. The van der Waals surface area contributed by atoms with Crippen LogP contribution < -0.4 is 5.32 Å². The van der Waals surface area contributed by atoms with Gasteiger partial charge in [0.25, 0.3) is 0 Å². The number of thioether (sulfide) groups is 1. The average molecular weight is 463 g/mol. The number of nitrogens with zero attached hydrogens (tertiary/aromatic N) is 2. The summed E-state index contributed by atoms with van der Waals surface area (Å²) < 4.78 is 2.98. The van der Waals surface area contributed by atoms with Crippen LogP contribution >= 0.6 is 70.1 Å². The summed E-state index contributed by atoms with van der Waals surface area (Å²) in [5.74, 6) is -0.111. The minimum Gasteiger partial charge on any atom is -0.323 e. The minimum absolute atomic E-state index is 0.145. The molecule has 0 saturated carbocycles. The molecule has 3 rings (SSSR count). The number of rotatable bonds is 5. The first kappa shape index (κ1) is 19.7. The lowest BCUT2D eigenvalue weighted by atomic mass is 10.3. The lowest BCUT2D eigenvalue weighted by molar-refractivity contribution is -0.113. The molecule has 0 radical (unpaired) electrons. The summed E-state index contributed by atoms with van der Waals surface area (Å²) in [6, 6.07) is 12.6. The first-order chi connectivity index (χ1) is 12.4. The molecule has 134 valence electrons. The first-order valence-electron chi connectivity index (χ1n) is 7.17. The third-order valence-electron chi connectivity index (χ3n) is 3.13. The van der Waals surface area contributed by atoms with E-state index in [4.69, 9.17) is 47.0 Å². The second-order valence-corrected chi connectivity index (χ2v) is 9.06. The van der Waals surface area contributed by atoms with Gasteiger partial charge in [0.15, 0.2) is 8.29 Å². The van der Waals surface area contributed by atoms with Crippen molar-refractivity contribution in [2.75, 3.05) is 11.1 Å². The van der Waals surface area contributed by atoms with E-state index in [0.29, 0.717) is 19.0 Å². The van der Waals surface area contributed by atoms with Crippen molar-refractivity contribution in [3.8, 4) is 5.69 Å². The summed E-state index contributed by atoms with van der Waals surface area (Å²) >= 11 is 26.0.